The zero-order chi connectivity index (χ0) is 26.1. The standard InChI is InChI=1S/C25H18ClF3N6O2/c1-37-22-8-3-2-5-15(22)20-9-21(23(28)29)35-24(33-20)16(11-31-35)25(36)32-14-10-30-34(12-14)13-17-18(26)6-4-7-19(17)27/h2-12,23H,13H2,1H3,(H,32,36). The third kappa shape index (κ3) is 4.73. The van der Waals surface area contributed by atoms with Crippen molar-refractivity contribution in [2.75, 3.05) is 12.4 Å². The van der Waals surface area contributed by atoms with E-state index in [9.17, 15) is 18.0 Å². The van der Waals surface area contributed by atoms with E-state index in [1.54, 1.807) is 30.3 Å². The van der Waals surface area contributed by atoms with Gasteiger partial charge < -0.3 is 10.1 Å². The number of carbonyl (C=O) groups excluding carboxylic acids is 1. The predicted octanol–water partition coefficient (Wildman–Crippen LogP) is 5.63. The van der Waals surface area contributed by atoms with E-state index in [0.29, 0.717) is 17.0 Å². The second-order valence-corrected chi connectivity index (χ2v) is 8.35. The van der Waals surface area contributed by atoms with E-state index in [0.717, 1.165) is 4.52 Å². The zero-order valence-corrected chi connectivity index (χ0v) is 20.0. The van der Waals surface area contributed by atoms with Crippen LogP contribution in [-0.4, -0.2) is 37.4 Å². The summed E-state index contributed by atoms with van der Waals surface area (Å²) in [5.41, 5.74) is 0.719. The van der Waals surface area contributed by atoms with E-state index in [4.69, 9.17) is 16.3 Å². The summed E-state index contributed by atoms with van der Waals surface area (Å²) >= 11 is 6.08. The van der Waals surface area contributed by atoms with Gasteiger partial charge >= 0.3 is 0 Å². The lowest BCUT2D eigenvalue weighted by Crippen LogP contribution is -2.12. The number of anilines is 1. The maximum absolute atomic E-state index is 14.1. The highest BCUT2D eigenvalue weighted by Gasteiger charge is 2.23. The number of alkyl halides is 2. The van der Waals surface area contributed by atoms with Gasteiger partial charge in [0, 0.05) is 22.3 Å². The van der Waals surface area contributed by atoms with Crippen LogP contribution < -0.4 is 10.1 Å². The Bertz CT molecular complexity index is 1600. The first-order valence-electron chi connectivity index (χ1n) is 10.9. The highest BCUT2D eigenvalue weighted by molar-refractivity contribution is 6.31. The molecule has 0 bridgehead atoms. The Kier molecular flexibility index (Phi) is 6.53. The summed E-state index contributed by atoms with van der Waals surface area (Å²) in [6.45, 7) is 0.0413. The van der Waals surface area contributed by atoms with Crippen molar-refractivity contribution in [1.82, 2.24) is 24.4 Å². The average molecular weight is 527 g/mol. The topological polar surface area (TPSA) is 86.3 Å². The van der Waals surface area contributed by atoms with Crippen LogP contribution in [0.25, 0.3) is 16.9 Å². The van der Waals surface area contributed by atoms with Crippen molar-refractivity contribution in [3.05, 3.63) is 94.8 Å². The van der Waals surface area contributed by atoms with Crippen molar-refractivity contribution in [2.45, 2.75) is 13.0 Å². The van der Waals surface area contributed by atoms with Crippen LogP contribution in [0.3, 0.4) is 0 Å². The smallest absolute Gasteiger partial charge is 0.280 e. The lowest BCUT2D eigenvalue weighted by molar-refractivity contribution is 0.102. The Morgan fingerprint density at radius 2 is 1.95 bits per heavy atom. The number of aromatic nitrogens is 5. The molecule has 0 saturated heterocycles. The van der Waals surface area contributed by atoms with Crippen molar-refractivity contribution in [3.8, 4) is 17.0 Å². The Labute approximate surface area is 213 Å². The molecule has 0 spiro atoms. The Morgan fingerprint density at radius 1 is 1.14 bits per heavy atom. The molecule has 0 aliphatic heterocycles. The Morgan fingerprint density at radius 3 is 2.70 bits per heavy atom. The normalized spacial score (nSPS) is 11.3. The summed E-state index contributed by atoms with van der Waals surface area (Å²) in [6, 6.07) is 12.4. The number of nitrogens with zero attached hydrogens (tertiary/aromatic N) is 5. The van der Waals surface area contributed by atoms with E-state index in [1.807, 2.05) is 0 Å². The van der Waals surface area contributed by atoms with E-state index in [-0.39, 0.29) is 34.0 Å². The molecule has 0 aliphatic rings. The first-order chi connectivity index (χ1) is 17.9. The molecule has 5 rings (SSSR count). The summed E-state index contributed by atoms with van der Waals surface area (Å²) in [5, 5.41) is 11.0. The van der Waals surface area contributed by atoms with Crippen LogP contribution in [0.1, 0.15) is 28.0 Å². The number of para-hydroxylation sites is 1. The Balaban J connectivity index is 1.47. The van der Waals surface area contributed by atoms with Crippen LogP contribution in [0.15, 0.2) is 67.1 Å². The number of halogens is 4. The molecule has 3 heterocycles. The SMILES string of the molecule is COc1ccccc1-c1cc(C(F)F)n2ncc(C(=O)Nc3cnn(Cc4c(F)cccc4Cl)c3)c2n1. The number of amides is 1. The molecule has 0 radical (unpaired) electrons. The first-order valence-corrected chi connectivity index (χ1v) is 11.3. The second-order valence-electron chi connectivity index (χ2n) is 7.94. The quantitative estimate of drug-likeness (QED) is 0.297. The van der Waals surface area contributed by atoms with Gasteiger partial charge in [-0.15, -0.1) is 0 Å². The molecule has 1 amide bonds. The van der Waals surface area contributed by atoms with Crippen molar-refractivity contribution in [1.29, 1.82) is 0 Å². The third-order valence-electron chi connectivity index (χ3n) is 5.62. The molecule has 0 fully saturated rings. The number of fused-ring (bicyclic) bond motifs is 1. The number of benzene rings is 2. The van der Waals surface area contributed by atoms with Crippen LogP contribution in [0.2, 0.25) is 5.02 Å². The fraction of sp³-hybridized carbons (Fsp3) is 0.120. The van der Waals surface area contributed by atoms with Crippen LogP contribution in [-0.2, 0) is 6.54 Å². The number of hydrogen-bond donors (Lipinski definition) is 1. The number of hydrogen-bond acceptors (Lipinski definition) is 5. The van der Waals surface area contributed by atoms with Gasteiger partial charge in [-0.2, -0.15) is 10.2 Å². The summed E-state index contributed by atoms with van der Waals surface area (Å²) in [5.74, 6) is -0.678. The van der Waals surface area contributed by atoms with Crippen molar-refractivity contribution in [2.24, 2.45) is 0 Å². The first kappa shape index (κ1) is 24.3. The minimum atomic E-state index is -2.88. The molecule has 2 aromatic carbocycles. The molecule has 3 aromatic heterocycles. The van der Waals surface area contributed by atoms with Gasteiger partial charge in [0.1, 0.15) is 22.8 Å². The lowest BCUT2D eigenvalue weighted by atomic mass is 10.1. The highest BCUT2D eigenvalue weighted by atomic mass is 35.5. The number of methoxy groups -OCH3 is 1. The largest absolute Gasteiger partial charge is 0.496 e. The zero-order valence-electron chi connectivity index (χ0n) is 19.2. The number of rotatable bonds is 7. The monoisotopic (exact) mass is 526 g/mol. The lowest BCUT2D eigenvalue weighted by Gasteiger charge is -2.11. The molecule has 12 heteroatoms. The molecule has 0 aliphatic carbocycles. The van der Waals surface area contributed by atoms with Crippen molar-refractivity contribution in [3.63, 3.8) is 0 Å². The molecule has 1 N–H and O–H groups in total. The minimum Gasteiger partial charge on any atom is -0.496 e. The summed E-state index contributed by atoms with van der Waals surface area (Å²) in [4.78, 5) is 17.5. The predicted molar refractivity (Wildman–Crippen MR) is 131 cm³/mol. The van der Waals surface area contributed by atoms with Crippen molar-refractivity contribution >= 4 is 28.8 Å². The van der Waals surface area contributed by atoms with Crippen molar-refractivity contribution < 1.29 is 22.7 Å². The van der Waals surface area contributed by atoms with Gasteiger partial charge in [0.15, 0.2) is 5.65 Å². The minimum absolute atomic E-state index is 0.0245. The molecule has 37 heavy (non-hydrogen) atoms. The van der Waals surface area contributed by atoms with Gasteiger partial charge in [0.05, 0.1) is 37.4 Å². The maximum Gasteiger partial charge on any atom is 0.280 e. The molecule has 8 nitrogen and oxygen atoms in total. The van der Waals surface area contributed by atoms with Crippen LogP contribution in [0, 0.1) is 5.82 Å². The number of nitrogens with one attached hydrogen (secondary N) is 1. The summed E-state index contributed by atoms with van der Waals surface area (Å²) in [7, 11) is 1.46. The van der Waals surface area contributed by atoms with Gasteiger partial charge in [0.25, 0.3) is 12.3 Å². The second kappa shape index (κ2) is 9.94. The van der Waals surface area contributed by atoms with Crippen LogP contribution in [0.5, 0.6) is 5.75 Å². The van der Waals surface area contributed by atoms with Gasteiger partial charge in [-0.25, -0.2) is 22.7 Å². The molecule has 0 unspecified atom stereocenters. The summed E-state index contributed by atoms with van der Waals surface area (Å²) in [6.07, 6.45) is 1.15. The highest BCUT2D eigenvalue weighted by Crippen LogP contribution is 2.32. The third-order valence-corrected chi connectivity index (χ3v) is 5.98. The van der Waals surface area contributed by atoms with E-state index >= 15 is 0 Å². The molecule has 0 atom stereocenters. The van der Waals surface area contributed by atoms with Crippen LogP contribution >= 0.6 is 11.6 Å². The van der Waals surface area contributed by atoms with E-state index in [2.05, 4.69) is 20.5 Å². The number of carbonyl (C=O) groups is 1. The Hall–Kier alpha value is -4.38. The maximum atomic E-state index is 14.1. The fourth-order valence-corrected chi connectivity index (χ4v) is 4.08. The van der Waals surface area contributed by atoms with Gasteiger partial charge in [-0.05, 0) is 30.3 Å². The van der Waals surface area contributed by atoms with Gasteiger partial charge in [-0.1, -0.05) is 29.8 Å². The van der Waals surface area contributed by atoms with E-state index in [1.165, 1.54) is 48.6 Å². The van der Waals surface area contributed by atoms with Gasteiger partial charge in [-0.3, -0.25) is 9.48 Å². The molecular formula is C25H18ClF3N6O2. The van der Waals surface area contributed by atoms with Gasteiger partial charge in [0.2, 0.25) is 0 Å². The number of ether oxygens (including phenoxy) is 1. The van der Waals surface area contributed by atoms with Crippen LogP contribution in [0.4, 0.5) is 18.9 Å². The molecule has 188 valence electrons. The fourth-order valence-electron chi connectivity index (χ4n) is 3.85. The average Bonchev–Trinajstić information content (AvgIpc) is 3.52. The summed E-state index contributed by atoms with van der Waals surface area (Å²) < 4.78 is 49.6. The molecular weight excluding hydrogens is 509 g/mol. The molecule has 0 saturated carbocycles. The van der Waals surface area contributed by atoms with E-state index < -0.39 is 23.8 Å². The molecule has 5 aromatic rings.